The van der Waals surface area contributed by atoms with Crippen LogP contribution in [-0.4, -0.2) is 264 Å². The Morgan fingerprint density at radius 2 is 1.20 bits per heavy atom. The van der Waals surface area contributed by atoms with Gasteiger partial charge in [-0.05, 0) is 113 Å². The van der Waals surface area contributed by atoms with Gasteiger partial charge in [-0.2, -0.15) is 0 Å². The first-order valence-electron chi connectivity index (χ1n) is 30.3. The Labute approximate surface area is 528 Å². The van der Waals surface area contributed by atoms with Crippen LogP contribution in [0.4, 0.5) is 0 Å². The summed E-state index contributed by atoms with van der Waals surface area (Å²) in [5, 5.41) is 145. The molecule has 4 aliphatic carbocycles. The van der Waals surface area contributed by atoms with Crippen molar-refractivity contribution in [3.05, 3.63) is 11.6 Å². The van der Waals surface area contributed by atoms with Crippen molar-refractivity contribution < 1.29 is 165 Å². The predicted molar refractivity (Wildman–Crippen MR) is 288 cm³/mol. The summed E-state index contributed by atoms with van der Waals surface area (Å²) in [5.41, 5.74) is -1.35. The van der Waals surface area contributed by atoms with Crippen molar-refractivity contribution in [2.24, 2.45) is 46.3 Å². The molecule has 8 fully saturated rings. The summed E-state index contributed by atoms with van der Waals surface area (Å²) in [5.74, 6) is -1.17. The number of rotatable bonds is 18. The second-order valence-electron chi connectivity index (χ2n) is 27.0. The smallest absolute Gasteiger partial charge is 0.726 e. The number of fused-ring (bicyclic) bond motifs is 5. The predicted octanol–water partition coefficient (Wildman–Crippen LogP) is -5.77. The van der Waals surface area contributed by atoms with Crippen molar-refractivity contribution in [1.82, 2.24) is 0 Å². The molecule has 0 aromatic heterocycles. The maximum absolute atomic E-state index is 13.5. The fourth-order valence-corrected chi connectivity index (χ4v) is 16.2. The summed E-state index contributed by atoms with van der Waals surface area (Å²) in [6.07, 6.45) is -37.9. The molecule has 0 radical (unpaired) electrons. The van der Waals surface area contributed by atoms with Gasteiger partial charge in [-0.3, -0.25) is 8.98 Å². The van der Waals surface area contributed by atoms with E-state index in [1.54, 1.807) is 6.92 Å². The molecule has 0 aromatic rings. The molecule has 30 unspecified atom stereocenters. The number of hydrogen-bond acceptors (Lipinski definition) is 28. The number of ketones is 1. The zero-order chi connectivity index (χ0) is 63.2. The van der Waals surface area contributed by atoms with Crippen LogP contribution in [0.3, 0.4) is 0 Å². The molecule has 0 aromatic carbocycles. The van der Waals surface area contributed by atoms with E-state index >= 15 is 0 Å². The maximum Gasteiger partial charge on any atom is 1.00 e. The molecule has 3 saturated carbocycles. The van der Waals surface area contributed by atoms with E-state index in [2.05, 4.69) is 19.9 Å². The van der Waals surface area contributed by atoms with Gasteiger partial charge in [0.2, 0.25) is 10.4 Å². The fraction of sp³-hybridized carbons (Fsp3) is 0.947. The summed E-state index contributed by atoms with van der Waals surface area (Å²) in [7, 11) is -5.14. The number of carbonyl (C=O) groups is 1. The van der Waals surface area contributed by atoms with Crippen LogP contribution >= 0.6 is 0 Å². The Hall–Kier alpha value is -0.640. The number of hydrogen-bond donors (Lipinski definition) is 13. The van der Waals surface area contributed by atoms with Crippen LogP contribution in [0.2, 0.25) is 0 Å². The molecule has 87 heavy (non-hydrogen) atoms. The zero-order valence-electron chi connectivity index (χ0n) is 51.0. The molecule has 0 amide bonds. The number of aliphatic hydroxyl groups is 13. The maximum atomic E-state index is 13.5. The molecule has 30 heteroatoms. The monoisotopic (exact) mass is 1280 g/mol. The number of Topliss-reactive ketones (excluding diaryl/α,β-unsaturated/α-hetero) is 1. The first-order valence-corrected chi connectivity index (χ1v) is 31.7. The van der Waals surface area contributed by atoms with E-state index in [1.165, 1.54) is 20.8 Å². The first kappa shape index (κ1) is 72.2. The molecule has 0 bridgehead atoms. The molecule has 496 valence electrons. The number of carbonyl (C=O) groups excluding carboxylic acids is 1. The Kier molecular flexibility index (Phi) is 23.2. The van der Waals surface area contributed by atoms with Crippen LogP contribution in [-0.2, 0) is 66.7 Å². The van der Waals surface area contributed by atoms with Gasteiger partial charge in [-0.25, -0.2) is 8.42 Å². The van der Waals surface area contributed by atoms with Gasteiger partial charge >= 0.3 is 29.6 Å². The van der Waals surface area contributed by atoms with Gasteiger partial charge in [0, 0.05) is 12.3 Å². The zero-order valence-corrected chi connectivity index (χ0v) is 53.8. The van der Waals surface area contributed by atoms with Crippen molar-refractivity contribution >= 4 is 16.2 Å². The topological polar surface area (TPSA) is 439 Å². The van der Waals surface area contributed by atoms with Crippen molar-refractivity contribution in [2.75, 3.05) is 13.2 Å². The molecule has 5 heterocycles. The van der Waals surface area contributed by atoms with Crippen molar-refractivity contribution in [3.8, 4) is 0 Å². The molecule has 28 nitrogen and oxygen atoms in total. The minimum atomic E-state index is -5.14. The summed E-state index contributed by atoms with van der Waals surface area (Å²) >= 11 is 0. The van der Waals surface area contributed by atoms with E-state index in [4.69, 9.17) is 51.6 Å². The average molecular weight is 1280 g/mol. The SMILES string of the molecule is CC1OC(OC2C(OC3C(O)C(C)OC(O[C@H]4CC5C(=CCC6(C)C5CCC6[C@@](C)(O)CC(=O)[C@H](C)C(C)C)C5(C)CCC(OS(=O)(=O)[O-])C[C@H]45)C3O)OCC(OC3OC(CO)C(O)C(O)C3OC3OC(C)C(O)C(O)C3O)C2O)C(O)C(O)C1O.[Na+]. The van der Waals surface area contributed by atoms with Gasteiger partial charge in [0.05, 0.1) is 49.3 Å². The minimum Gasteiger partial charge on any atom is -0.726 e. The molecule has 34 atom stereocenters. The van der Waals surface area contributed by atoms with Crippen LogP contribution in [0.25, 0.3) is 0 Å². The van der Waals surface area contributed by atoms with Gasteiger partial charge in [0.25, 0.3) is 0 Å². The Bertz CT molecular complexity index is 2460. The van der Waals surface area contributed by atoms with Gasteiger partial charge in [0.1, 0.15) is 103 Å². The quantitative estimate of drug-likeness (QED) is 0.0263. The molecule has 9 rings (SSSR count). The number of ether oxygens (including phenoxy) is 10. The third kappa shape index (κ3) is 14.3. The van der Waals surface area contributed by atoms with Crippen LogP contribution < -0.4 is 29.6 Å². The largest absolute Gasteiger partial charge is 1.00 e. The van der Waals surface area contributed by atoms with Gasteiger partial charge in [-0.1, -0.05) is 46.3 Å². The van der Waals surface area contributed by atoms with Crippen molar-refractivity contribution in [1.29, 1.82) is 0 Å². The fourth-order valence-electron chi connectivity index (χ4n) is 15.7. The molecule has 9 aliphatic rings. The summed E-state index contributed by atoms with van der Waals surface area (Å²) in [6, 6.07) is 0. The van der Waals surface area contributed by atoms with Crippen LogP contribution in [0.5, 0.6) is 0 Å². The van der Waals surface area contributed by atoms with E-state index < -0.39 is 206 Å². The Balaban J connectivity index is 0.00000982. The first-order chi connectivity index (χ1) is 40.1. The summed E-state index contributed by atoms with van der Waals surface area (Å²) in [6.45, 7) is 14.4. The van der Waals surface area contributed by atoms with E-state index in [9.17, 15) is 84.1 Å². The minimum absolute atomic E-state index is 0. The Morgan fingerprint density at radius 1 is 0.655 bits per heavy atom. The van der Waals surface area contributed by atoms with E-state index in [0.717, 1.165) is 5.57 Å². The van der Waals surface area contributed by atoms with E-state index in [-0.39, 0.29) is 84.2 Å². The second kappa shape index (κ2) is 28.0. The van der Waals surface area contributed by atoms with Crippen LogP contribution in [0.15, 0.2) is 11.6 Å². The van der Waals surface area contributed by atoms with Gasteiger partial charge in [-0.15, -0.1) is 0 Å². The third-order valence-corrected chi connectivity index (χ3v) is 21.6. The molecule has 13 N–H and O–H groups in total. The van der Waals surface area contributed by atoms with E-state index in [0.29, 0.717) is 32.1 Å². The normalized spacial score (nSPS) is 50.6. The van der Waals surface area contributed by atoms with E-state index in [1.807, 2.05) is 20.8 Å². The van der Waals surface area contributed by atoms with Crippen molar-refractivity contribution in [3.63, 3.8) is 0 Å². The molecule has 5 aliphatic heterocycles. The standard InChI is InChI=1S/C57H94O28S.Na/c1-21(2)22(3)31(59)18-57(9,71)35-11-10-28-27-17-32(30-16-26(85-86(72,73)74)12-14-55(30,7)29(27)13-15-56(28,35)8)79-52-46(70)47(38(62)25(6)78-52)82-53-48(83-50-44(68)41(65)36(60)23(4)76-50)40(64)34(20-75-53)81-54-49(43(67)39(63)33(19-58)80-54)84-51-45(69)42(66)37(61)24(5)77-51;/h13,21-28,30,32-54,58,60-71H,10-12,14-20H2,1-9H3,(H,72,73,74);/q;+1/p-1/t22-,23?,24?,25?,26?,27?,28?,30-,32+,33?,34?,35?,36?,37?,38?,39?,40?,41?,42?,43?,44?,45?,46?,47?,48?,49?,50?,51?,52?,53?,54?,55?,56?,57+;/m1./s1. The number of allylic oxidation sites excluding steroid dienone is 2. The summed E-state index contributed by atoms with van der Waals surface area (Å²) < 4.78 is 102. The van der Waals surface area contributed by atoms with Crippen LogP contribution in [0.1, 0.15) is 114 Å². The Morgan fingerprint density at radius 3 is 1.76 bits per heavy atom. The average Bonchev–Trinajstić information content (AvgIpc) is 1.80. The summed E-state index contributed by atoms with van der Waals surface area (Å²) in [4.78, 5) is 13.5. The molecular formula is C57H93NaO28S. The molecule has 0 spiro atoms. The molecular weight excluding hydrogens is 1190 g/mol. The van der Waals surface area contributed by atoms with Gasteiger partial charge < -0.3 is 118 Å². The van der Waals surface area contributed by atoms with Crippen LogP contribution in [0, 0.1) is 46.3 Å². The second-order valence-corrected chi connectivity index (χ2v) is 28.0. The molecule has 5 saturated heterocycles. The van der Waals surface area contributed by atoms with Crippen molar-refractivity contribution in [2.45, 2.75) is 279 Å². The van der Waals surface area contributed by atoms with Gasteiger partial charge in [0.15, 0.2) is 31.5 Å². The third-order valence-electron chi connectivity index (χ3n) is 21.1. The number of aliphatic hydroxyl groups excluding tert-OH is 12.